The number of pyridine rings is 1. The number of hydrogen-bond acceptors (Lipinski definition) is 7. The van der Waals surface area contributed by atoms with Gasteiger partial charge in [-0.2, -0.15) is 23.6 Å². The van der Waals surface area contributed by atoms with Crippen LogP contribution in [-0.2, 0) is 7.05 Å². The molecule has 3 aromatic heterocycles. The van der Waals surface area contributed by atoms with E-state index in [1.807, 2.05) is 24.2 Å². The summed E-state index contributed by atoms with van der Waals surface area (Å²) < 4.78 is 7.15. The molecule has 148 valence electrons. The lowest BCUT2D eigenvalue weighted by Gasteiger charge is -2.11. The highest BCUT2D eigenvalue weighted by Gasteiger charge is 2.30. The second kappa shape index (κ2) is 7.10. The van der Waals surface area contributed by atoms with Gasteiger partial charge in [0.15, 0.2) is 11.3 Å². The molecule has 9 nitrogen and oxygen atoms in total. The average molecular weight is 402 g/mol. The number of nitrogens with one attached hydrogen (secondary N) is 1. The summed E-state index contributed by atoms with van der Waals surface area (Å²) in [6, 6.07) is 2.28. The normalized spacial score (nSPS) is 19.1. The van der Waals surface area contributed by atoms with Crippen LogP contribution < -0.4 is 10.2 Å². The number of carbonyl (C=O) groups excluding carboxylic acids is 1. The Morgan fingerprint density at radius 1 is 1.32 bits per heavy atom. The summed E-state index contributed by atoms with van der Waals surface area (Å²) in [4.78, 5) is 23.5. The Morgan fingerprint density at radius 2 is 2.14 bits per heavy atom. The van der Waals surface area contributed by atoms with E-state index in [2.05, 4.69) is 20.4 Å². The molecule has 1 aliphatic heterocycles. The van der Waals surface area contributed by atoms with E-state index in [0.29, 0.717) is 42.8 Å². The van der Waals surface area contributed by atoms with Gasteiger partial charge >= 0.3 is 0 Å². The fraction of sp³-hybridized carbons (Fsp3) is 0.444. The summed E-state index contributed by atoms with van der Waals surface area (Å²) in [6.07, 6.45) is 5.65. The zero-order valence-corrected chi connectivity index (χ0v) is 16.4. The van der Waals surface area contributed by atoms with Crippen molar-refractivity contribution < 1.29 is 14.3 Å². The van der Waals surface area contributed by atoms with Gasteiger partial charge in [-0.05, 0) is 25.3 Å². The SMILES string of the molecule is Cn1cc2cc(NC(=O)c3coc(N4CC[C@H](O)C4)n3)c(C3CC3)nc2n1.S. The van der Waals surface area contributed by atoms with Gasteiger partial charge in [-0.3, -0.25) is 9.48 Å². The highest BCUT2D eigenvalue weighted by atomic mass is 32.1. The van der Waals surface area contributed by atoms with Crippen LogP contribution in [0.3, 0.4) is 0 Å². The van der Waals surface area contributed by atoms with Gasteiger partial charge in [0.2, 0.25) is 0 Å². The maximum Gasteiger partial charge on any atom is 0.298 e. The predicted octanol–water partition coefficient (Wildman–Crippen LogP) is 1.77. The topological polar surface area (TPSA) is 109 Å². The third kappa shape index (κ3) is 3.45. The van der Waals surface area contributed by atoms with E-state index in [1.165, 1.54) is 6.26 Å². The molecule has 0 aromatic carbocycles. The van der Waals surface area contributed by atoms with Crippen LogP contribution >= 0.6 is 13.5 Å². The van der Waals surface area contributed by atoms with Crippen molar-refractivity contribution in [3.8, 4) is 0 Å². The lowest BCUT2D eigenvalue weighted by atomic mass is 10.2. The second-order valence-corrected chi connectivity index (χ2v) is 7.27. The number of aliphatic hydroxyl groups is 1. The number of aryl methyl sites for hydroxylation is 1. The molecule has 2 N–H and O–H groups in total. The van der Waals surface area contributed by atoms with Gasteiger partial charge in [-0.15, -0.1) is 0 Å². The van der Waals surface area contributed by atoms with Gasteiger partial charge in [0.25, 0.3) is 11.9 Å². The number of aromatic nitrogens is 4. The third-order valence-electron chi connectivity index (χ3n) is 5.01. The standard InChI is InChI=1S/C18H20N6O3.H2S/c1-23-7-11-6-13(15(10-2-3-10)21-16(11)22-23)19-17(26)14-9-27-18(20-14)24-5-4-12(25)8-24;/h6-7,9-10,12,25H,2-5,8H2,1H3,(H,19,26);1H2/t12-;/m0./s1. The fourth-order valence-electron chi connectivity index (χ4n) is 3.47. The minimum atomic E-state index is -0.382. The smallest absolute Gasteiger partial charge is 0.298 e. The first kappa shape index (κ1) is 18.8. The zero-order valence-electron chi connectivity index (χ0n) is 15.4. The van der Waals surface area contributed by atoms with Gasteiger partial charge in [-0.1, -0.05) is 0 Å². The Balaban J connectivity index is 0.00000192. The van der Waals surface area contributed by atoms with E-state index in [1.54, 1.807) is 4.68 Å². The van der Waals surface area contributed by atoms with Crippen LogP contribution in [0.5, 0.6) is 0 Å². The fourth-order valence-corrected chi connectivity index (χ4v) is 3.47. The molecule has 0 unspecified atom stereocenters. The Kier molecular flexibility index (Phi) is 4.76. The van der Waals surface area contributed by atoms with Crippen LogP contribution in [0.25, 0.3) is 11.0 Å². The van der Waals surface area contributed by atoms with Crippen LogP contribution in [0.15, 0.2) is 22.9 Å². The number of fused-ring (bicyclic) bond motifs is 1. The molecule has 1 aliphatic carbocycles. The quantitative estimate of drug-likeness (QED) is 0.684. The molecule has 1 atom stereocenters. The molecule has 0 bridgehead atoms. The molecule has 3 aromatic rings. The van der Waals surface area contributed by atoms with E-state index in [9.17, 15) is 9.90 Å². The first-order chi connectivity index (χ1) is 13.1. The van der Waals surface area contributed by atoms with Crippen LogP contribution in [-0.4, -0.2) is 50.0 Å². The summed E-state index contributed by atoms with van der Waals surface area (Å²) in [5, 5.41) is 17.8. The van der Waals surface area contributed by atoms with Crippen LogP contribution in [0.2, 0.25) is 0 Å². The number of oxazole rings is 1. The van der Waals surface area contributed by atoms with Gasteiger partial charge in [0.1, 0.15) is 6.26 Å². The molecule has 2 fully saturated rings. The van der Waals surface area contributed by atoms with Crippen molar-refractivity contribution >= 4 is 42.1 Å². The number of hydrogen-bond donors (Lipinski definition) is 2. The molecular formula is C18H22N6O3S. The Morgan fingerprint density at radius 3 is 2.86 bits per heavy atom. The molecule has 1 saturated heterocycles. The molecule has 0 radical (unpaired) electrons. The van der Waals surface area contributed by atoms with E-state index in [-0.39, 0.29) is 31.2 Å². The summed E-state index contributed by atoms with van der Waals surface area (Å²) in [5.41, 5.74) is 2.47. The first-order valence-electron chi connectivity index (χ1n) is 9.11. The highest BCUT2D eigenvalue weighted by Crippen LogP contribution is 2.43. The number of anilines is 2. The molecule has 1 saturated carbocycles. The maximum absolute atomic E-state index is 12.7. The van der Waals surface area contributed by atoms with E-state index >= 15 is 0 Å². The zero-order chi connectivity index (χ0) is 18.5. The van der Waals surface area contributed by atoms with Gasteiger partial charge in [-0.25, -0.2) is 4.98 Å². The number of aliphatic hydroxyl groups excluding tert-OH is 1. The number of amides is 1. The number of β-amino-alcohol motifs (C(OH)–C–C–N with tert-alkyl or cyclic N) is 1. The summed E-state index contributed by atoms with van der Waals surface area (Å²) >= 11 is 0. The summed E-state index contributed by atoms with van der Waals surface area (Å²) in [6.45, 7) is 1.13. The highest BCUT2D eigenvalue weighted by molar-refractivity contribution is 7.59. The molecular weight excluding hydrogens is 380 g/mol. The Labute approximate surface area is 168 Å². The molecule has 5 rings (SSSR count). The molecule has 28 heavy (non-hydrogen) atoms. The summed E-state index contributed by atoms with van der Waals surface area (Å²) in [7, 11) is 1.85. The van der Waals surface area contributed by atoms with E-state index in [0.717, 1.165) is 23.9 Å². The number of nitrogens with zero attached hydrogens (tertiary/aromatic N) is 5. The molecule has 10 heteroatoms. The van der Waals surface area contributed by atoms with Gasteiger partial charge < -0.3 is 19.7 Å². The summed E-state index contributed by atoms with van der Waals surface area (Å²) in [5.74, 6) is 0.0300. The van der Waals surface area contributed by atoms with Crippen molar-refractivity contribution in [2.75, 3.05) is 23.3 Å². The molecule has 0 spiro atoms. The van der Waals surface area contributed by atoms with E-state index < -0.39 is 0 Å². The van der Waals surface area contributed by atoms with E-state index in [4.69, 9.17) is 4.42 Å². The molecule has 2 aliphatic rings. The maximum atomic E-state index is 12.7. The van der Waals surface area contributed by atoms with Crippen LogP contribution in [0.4, 0.5) is 11.7 Å². The molecule has 1 amide bonds. The average Bonchev–Trinajstić information content (AvgIpc) is 3.03. The largest absolute Gasteiger partial charge is 0.431 e. The monoisotopic (exact) mass is 402 g/mol. The second-order valence-electron chi connectivity index (χ2n) is 7.27. The molecule has 4 heterocycles. The lowest BCUT2D eigenvalue weighted by Crippen LogP contribution is -2.22. The van der Waals surface area contributed by atoms with Gasteiger partial charge in [0.05, 0.1) is 17.5 Å². The van der Waals surface area contributed by atoms with Gasteiger partial charge in [0, 0.05) is 37.6 Å². The van der Waals surface area contributed by atoms with Crippen molar-refractivity contribution in [2.24, 2.45) is 7.05 Å². The minimum Gasteiger partial charge on any atom is -0.431 e. The van der Waals surface area contributed by atoms with Crippen LogP contribution in [0, 0.1) is 0 Å². The van der Waals surface area contributed by atoms with Crippen molar-refractivity contribution in [1.82, 2.24) is 19.7 Å². The van der Waals surface area contributed by atoms with Crippen molar-refractivity contribution in [3.05, 3.63) is 29.9 Å². The van der Waals surface area contributed by atoms with Crippen molar-refractivity contribution in [2.45, 2.75) is 31.3 Å². The lowest BCUT2D eigenvalue weighted by molar-refractivity contribution is 0.102. The Bertz CT molecular complexity index is 1030. The van der Waals surface area contributed by atoms with Crippen molar-refractivity contribution in [1.29, 1.82) is 0 Å². The van der Waals surface area contributed by atoms with Crippen LogP contribution in [0.1, 0.15) is 41.4 Å². The first-order valence-corrected chi connectivity index (χ1v) is 9.11. The third-order valence-corrected chi connectivity index (χ3v) is 5.01. The number of carbonyl (C=O) groups is 1. The Hall–Kier alpha value is -2.59. The number of rotatable bonds is 4. The predicted molar refractivity (Wildman–Crippen MR) is 108 cm³/mol. The minimum absolute atomic E-state index is 0. The van der Waals surface area contributed by atoms with Crippen molar-refractivity contribution in [3.63, 3.8) is 0 Å².